The van der Waals surface area contributed by atoms with Crippen molar-refractivity contribution in [2.75, 3.05) is 6.54 Å². The molecule has 0 fully saturated rings. The Labute approximate surface area is 187 Å². The first-order valence-electron chi connectivity index (χ1n) is 9.14. The third-order valence-electron chi connectivity index (χ3n) is 4.12. The molecule has 3 aromatic rings. The Morgan fingerprint density at radius 1 is 1.14 bits per heavy atom. The molecule has 1 aromatic carbocycles. The summed E-state index contributed by atoms with van der Waals surface area (Å²) in [7, 11) is 0. The highest BCUT2D eigenvalue weighted by Crippen LogP contribution is 2.15. The molecule has 6 nitrogen and oxygen atoms in total. The van der Waals surface area contributed by atoms with Crippen LogP contribution in [0, 0.1) is 13.8 Å². The fourth-order valence-corrected chi connectivity index (χ4v) is 3.50. The van der Waals surface area contributed by atoms with Crippen LogP contribution in [-0.4, -0.2) is 27.3 Å². The van der Waals surface area contributed by atoms with Crippen LogP contribution in [0.15, 0.2) is 47.7 Å². The smallest absolute Gasteiger partial charge is 0.191 e. The SMILES string of the molecule is CCNC(=NCc1cnn(Cc2ccccc2)c1)NCc1nc(C)c(C)s1.I. The lowest BCUT2D eigenvalue weighted by atomic mass is 10.2. The van der Waals surface area contributed by atoms with E-state index in [0.29, 0.717) is 13.1 Å². The Kier molecular flexibility index (Phi) is 8.91. The van der Waals surface area contributed by atoms with Crippen LogP contribution in [-0.2, 0) is 19.6 Å². The number of halogens is 1. The van der Waals surface area contributed by atoms with Crippen molar-refractivity contribution in [1.82, 2.24) is 25.4 Å². The van der Waals surface area contributed by atoms with Gasteiger partial charge < -0.3 is 10.6 Å². The van der Waals surface area contributed by atoms with Crippen LogP contribution in [0.2, 0.25) is 0 Å². The predicted octanol–water partition coefficient (Wildman–Crippen LogP) is 3.88. The van der Waals surface area contributed by atoms with Gasteiger partial charge in [0.1, 0.15) is 5.01 Å². The van der Waals surface area contributed by atoms with Crippen LogP contribution in [0.3, 0.4) is 0 Å². The highest BCUT2D eigenvalue weighted by atomic mass is 127. The number of nitrogens with zero attached hydrogens (tertiary/aromatic N) is 4. The van der Waals surface area contributed by atoms with Crippen molar-refractivity contribution < 1.29 is 0 Å². The van der Waals surface area contributed by atoms with Crippen molar-refractivity contribution in [3.8, 4) is 0 Å². The number of aryl methyl sites for hydroxylation is 2. The number of nitrogens with one attached hydrogen (secondary N) is 2. The van der Waals surface area contributed by atoms with Gasteiger partial charge in [-0.2, -0.15) is 5.10 Å². The van der Waals surface area contributed by atoms with Crippen molar-refractivity contribution in [1.29, 1.82) is 0 Å². The maximum absolute atomic E-state index is 4.67. The van der Waals surface area contributed by atoms with Gasteiger partial charge in [-0.15, -0.1) is 35.3 Å². The van der Waals surface area contributed by atoms with Gasteiger partial charge in [0.2, 0.25) is 0 Å². The number of guanidine groups is 1. The second-order valence-electron chi connectivity index (χ2n) is 6.33. The second-order valence-corrected chi connectivity index (χ2v) is 7.62. The second kappa shape index (κ2) is 11.2. The van der Waals surface area contributed by atoms with Gasteiger partial charge in [0, 0.05) is 23.2 Å². The highest BCUT2D eigenvalue weighted by Gasteiger charge is 2.05. The molecule has 0 amide bonds. The van der Waals surface area contributed by atoms with E-state index in [2.05, 4.69) is 51.7 Å². The number of benzene rings is 1. The third-order valence-corrected chi connectivity index (χ3v) is 5.19. The maximum atomic E-state index is 4.67. The zero-order valence-corrected chi connectivity index (χ0v) is 19.6. The average molecular weight is 510 g/mol. The average Bonchev–Trinajstić information content (AvgIpc) is 3.24. The monoisotopic (exact) mass is 510 g/mol. The summed E-state index contributed by atoms with van der Waals surface area (Å²) in [5, 5.41) is 12.1. The van der Waals surface area contributed by atoms with E-state index >= 15 is 0 Å². The summed E-state index contributed by atoms with van der Waals surface area (Å²) in [5.41, 5.74) is 3.42. The molecular weight excluding hydrogens is 483 g/mol. The molecular formula is C20H27IN6S. The van der Waals surface area contributed by atoms with Crippen LogP contribution >= 0.6 is 35.3 Å². The zero-order chi connectivity index (χ0) is 19.1. The van der Waals surface area contributed by atoms with Crippen LogP contribution in [0.5, 0.6) is 0 Å². The minimum absolute atomic E-state index is 0. The van der Waals surface area contributed by atoms with E-state index in [1.54, 1.807) is 11.3 Å². The van der Waals surface area contributed by atoms with Crippen molar-refractivity contribution in [2.45, 2.75) is 40.4 Å². The molecule has 0 bridgehead atoms. The molecule has 0 spiro atoms. The summed E-state index contributed by atoms with van der Waals surface area (Å²) in [6, 6.07) is 10.3. The Morgan fingerprint density at radius 2 is 1.93 bits per heavy atom. The van der Waals surface area contributed by atoms with Crippen LogP contribution in [0.4, 0.5) is 0 Å². The lowest BCUT2D eigenvalue weighted by molar-refractivity contribution is 0.686. The molecule has 0 aliphatic rings. The quantitative estimate of drug-likeness (QED) is 0.288. The van der Waals surface area contributed by atoms with Gasteiger partial charge in [0.25, 0.3) is 0 Å². The Bertz CT molecular complexity index is 868. The summed E-state index contributed by atoms with van der Waals surface area (Å²) < 4.78 is 1.95. The summed E-state index contributed by atoms with van der Waals surface area (Å²) in [6.07, 6.45) is 3.93. The zero-order valence-electron chi connectivity index (χ0n) is 16.5. The van der Waals surface area contributed by atoms with E-state index in [0.717, 1.165) is 35.3 Å². The fraction of sp³-hybridized carbons (Fsp3) is 0.350. The molecule has 0 saturated heterocycles. The van der Waals surface area contributed by atoms with Gasteiger partial charge in [0.05, 0.1) is 31.5 Å². The van der Waals surface area contributed by atoms with Gasteiger partial charge in [-0.25, -0.2) is 9.98 Å². The van der Waals surface area contributed by atoms with Crippen molar-refractivity contribution in [3.63, 3.8) is 0 Å². The molecule has 0 unspecified atom stereocenters. The highest BCUT2D eigenvalue weighted by molar-refractivity contribution is 14.0. The van der Waals surface area contributed by atoms with Crippen molar-refractivity contribution in [3.05, 3.63) is 69.4 Å². The molecule has 8 heteroatoms. The lowest BCUT2D eigenvalue weighted by Gasteiger charge is -2.09. The Hall–Kier alpha value is -1.94. The fourth-order valence-electron chi connectivity index (χ4n) is 2.63. The van der Waals surface area contributed by atoms with E-state index in [9.17, 15) is 0 Å². The van der Waals surface area contributed by atoms with Gasteiger partial charge in [-0.05, 0) is 26.3 Å². The Morgan fingerprint density at radius 3 is 2.61 bits per heavy atom. The van der Waals surface area contributed by atoms with E-state index in [1.807, 2.05) is 42.2 Å². The van der Waals surface area contributed by atoms with Crippen LogP contribution in [0.1, 0.15) is 33.6 Å². The number of hydrogen-bond donors (Lipinski definition) is 2. The maximum Gasteiger partial charge on any atom is 0.191 e. The first kappa shape index (κ1) is 22.4. The molecule has 3 rings (SSSR count). The molecule has 0 saturated carbocycles. The molecule has 2 aromatic heterocycles. The van der Waals surface area contributed by atoms with Crippen LogP contribution in [0.25, 0.3) is 0 Å². The van der Waals surface area contributed by atoms with Gasteiger partial charge in [-0.1, -0.05) is 30.3 Å². The number of aromatic nitrogens is 3. The van der Waals surface area contributed by atoms with Gasteiger partial charge in [-0.3, -0.25) is 4.68 Å². The van der Waals surface area contributed by atoms with E-state index < -0.39 is 0 Å². The topological polar surface area (TPSA) is 67.1 Å². The Balaban J connectivity index is 0.00000280. The van der Waals surface area contributed by atoms with Crippen molar-refractivity contribution >= 4 is 41.3 Å². The van der Waals surface area contributed by atoms with E-state index in [-0.39, 0.29) is 24.0 Å². The van der Waals surface area contributed by atoms with Crippen molar-refractivity contribution in [2.24, 2.45) is 4.99 Å². The molecule has 0 aliphatic carbocycles. The van der Waals surface area contributed by atoms with Gasteiger partial charge in [0.15, 0.2) is 5.96 Å². The molecule has 0 radical (unpaired) electrons. The largest absolute Gasteiger partial charge is 0.357 e. The molecule has 0 aliphatic heterocycles. The normalized spacial score (nSPS) is 11.2. The minimum Gasteiger partial charge on any atom is -0.357 e. The first-order valence-corrected chi connectivity index (χ1v) is 9.96. The number of thiazole rings is 1. The third kappa shape index (κ3) is 6.59. The number of rotatable bonds is 7. The summed E-state index contributed by atoms with van der Waals surface area (Å²) in [4.78, 5) is 10.5. The summed E-state index contributed by atoms with van der Waals surface area (Å²) >= 11 is 1.72. The van der Waals surface area contributed by atoms with E-state index in [4.69, 9.17) is 0 Å². The standard InChI is InChI=1S/C20H26N6S.HI/c1-4-21-20(23-12-19-25-15(2)16(3)27-19)22-10-18-11-24-26(14-18)13-17-8-6-5-7-9-17;/h5-9,11,14H,4,10,12-13H2,1-3H3,(H2,21,22,23);1H. The number of aliphatic imine (C=N–C) groups is 1. The molecule has 28 heavy (non-hydrogen) atoms. The van der Waals surface area contributed by atoms with Crippen LogP contribution < -0.4 is 10.6 Å². The van der Waals surface area contributed by atoms with Gasteiger partial charge >= 0.3 is 0 Å². The molecule has 150 valence electrons. The first-order chi connectivity index (χ1) is 13.1. The molecule has 2 heterocycles. The lowest BCUT2D eigenvalue weighted by Crippen LogP contribution is -2.36. The number of hydrogen-bond acceptors (Lipinski definition) is 4. The predicted molar refractivity (Wildman–Crippen MR) is 126 cm³/mol. The molecule has 0 atom stereocenters. The summed E-state index contributed by atoms with van der Waals surface area (Å²) in [5.74, 6) is 0.791. The minimum atomic E-state index is 0. The van der Waals surface area contributed by atoms with E-state index in [1.165, 1.54) is 10.4 Å². The molecule has 2 N–H and O–H groups in total. The summed E-state index contributed by atoms with van der Waals surface area (Å²) in [6.45, 7) is 9.05.